The summed E-state index contributed by atoms with van der Waals surface area (Å²) in [6.45, 7) is 2.98. The van der Waals surface area contributed by atoms with E-state index in [2.05, 4.69) is 5.32 Å². The van der Waals surface area contributed by atoms with E-state index in [9.17, 15) is 14.0 Å². The van der Waals surface area contributed by atoms with Gasteiger partial charge in [0, 0.05) is 13.1 Å². The van der Waals surface area contributed by atoms with Gasteiger partial charge in [-0.15, -0.1) is 0 Å². The molecular weight excluding hydrogens is 409 g/mol. The van der Waals surface area contributed by atoms with Crippen LogP contribution in [-0.4, -0.2) is 41.4 Å². The molecule has 3 rings (SSSR count). The first-order valence-electron chi connectivity index (χ1n) is 10.7. The second kappa shape index (κ2) is 11.7. The van der Waals surface area contributed by atoms with Crippen LogP contribution in [0.3, 0.4) is 0 Å². The number of carbonyl (C=O) groups excluding carboxylic acids is 2. The maximum atomic E-state index is 13.9. The molecule has 0 saturated heterocycles. The Labute approximate surface area is 187 Å². The number of nitrogens with one attached hydrogen (secondary N) is 1. The highest BCUT2D eigenvalue weighted by Gasteiger charge is 2.22. The van der Waals surface area contributed by atoms with E-state index in [-0.39, 0.29) is 18.1 Å². The van der Waals surface area contributed by atoms with Crippen molar-refractivity contribution in [1.82, 2.24) is 9.80 Å². The molecule has 32 heavy (non-hydrogen) atoms. The Bertz CT molecular complexity index is 993. The number of halogens is 1. The van der Waals surface area contributed by atoms with Crippen molar-refractivity contribution in [3.8, 4) is 0 Å². The zero-order chi connectivity index (χ0) is 22.8. The summed E-state index contributed by atoms with van der Waals surface area (Å²) >= 11 is 0. The van der Waals surface area contributed by atoms with Crippen LogP contribution in [0, 0.1) is 5.82 Å². The number of urea groups is 1. The zero-order valence-electron chi connectivity index (χ0n) is 18.2. The fraction of sp³-hybridized carbons (Fsp3) is 0.280. The van der Waals surface area contributed by atoms with Crippen molar-refractivity contribution >= 4 is 17.6 Å². The second-order valence-corrected chi connectivity index (χ2v) is 7.46. The molecule has 0 spiro atoms. The van der Waals surface area contributed by atoms with Crippen LogP contribution in [0.25, 0.3) is 0 Å². The lowest BCUT2D eigenvalue weighted by Crippen LogP contribution is -2.45. The molecule has 0 fully saturated rings. The largest absolute Gasteiger partial charge is 0.467 e. The number of hydrogen-bond acceptors (Lipinski definition) is 3. The first-order valence-corrected chi connectivity index (χ1v) is 10.7. The molecule has 0 bridgehead atoms. The van der Waals surface area contributed by atoms with Crippen molar-refractivity contribution in [3.05, 3.63) is 90.1 Å². The molecule has 2 aromatic carbocycles. The minimum absolute atomic E-state index is 0.0857. The maximum absolute atomic E-state index is 13.9. The third kappa shape index (κ3) is 6.70. The summed E-state index contributed by atoms with van der Waals surface area (Å²) in [6.07, 6.45) is 2.92. The zero-order valence-corrected chi connectivity index (χ0v) is 18.2. The van der Waals surface area contributed by atoms with E-state index in [1.54, 1.807) is 29.4 Å². The van der Waals surface area contributed by atoms with Gasteiger partial charge in [0.1, 0.15) is 18.1 Å². The summed E-state index contributed by atoms with van der Waals surface area (Å²) in [4.78, 5) is 29.1. The van der Waals surface area contributed by atoms with Gasteiger partial charge in [-0.25, -0.2) is 9.18 Å². The van der Waals surface area contributed by atoms with Crippen LogP contribution < -0.4 is 5.32 Å². The summed E-state index contributed by atoms with van der Waals surface area (Å²) in [7, 11) is 0. The van der Waals surface area contributed by atoms with Gasteiger partial charge < -0.3 is 19.5 Å². The predicted octanol–water partition coefficient (Wildman–Crippen LogP) is 4.93. The van der Waals surface area contributed by atoms with E-state index < -0.39 is 11.8 Å². The summed E-state index contributed by atoms with van der Waals surface area (Å²) in [5, 5.41) is 2.57. The van der Waals surface area contributed by atoms with Crippen molar-refractivity contribution < 1.29 is 18.4 Å². The smallest absolute Gasteiger partial charge is 0.322 e. The van der Waals surface area contributed by atoms with E-state index in [4.69, 9.17) is 4.42 Å². The summed E-state index contributed by atoms with van der Waals surface area (Å²) in [5.41, 5.74) is 1.20. The molecule has 0 unspecified atom stereocenters. The molecule has 1 N–H and O–H groups in total. The molecule has 1 aromatic heterocycles. The SMILES string of the molecule is CCCN(CC(=O)N(CCc1ccccc1)Cc1ccco1)C(=O)Nc1ccccc1F. The Hall–Kier alpha value is -3.61. The van der Waals surface area contributed by atoms with E-state index in [1.807, 2.05) is 43.3 Å². The van der Waals surface area contributed by atoms with E-state index in [0.717, 1.165) is 5.56 Å². The minimum Gasteiger partial charge on any atom is -0.467 e. The first-order chi connectivity index (χ1) is 15.6. The first kappa shape index (κ1) is 23.1. The standard InChI is InChI=1S/C25H28FN3O3/c1-2-15-29(25(31)27-23-13-7-6-12-22(23)26)19-24(30)28(18-21-11-8-17-32-21)16-14-20-9-4-3-5-10-20/h3-13,17H,2,14-16,18-19H2,1H3,(H,27,31). The van der Waals surface area contributed by atoms with Crippen LogP contribution in [0.15, 0.2) is 77.4 Å². The van der Waals surface area contributed by atoms with Crippen LogP contribution in [0.5, 0.6) is 0 Å². The Morgan fingerprint density at radius 2 is 1.69 bits per heavy atom. The molecule has 168 valence electrons. The number of amides is 3. The molecule has 3 amide bonds. The van der Waals surface area contributed by atoms with Gasteiger partial charge in [0.2, 0.25) is 5.91 Å². The lowest BCUT2D eigenvalue weighted by Gasteiger charge is -2.27. The highest BCUT2D eigenvalue weighted by molar-refractivity contribution is 5.92. The van der Waals surface area contributed by atoms with Crippen LogP contribution in [-0.2, 0) is 17.8 Å². The normalized spacial score (nSPS) is 10.6. The van der Waals surface area contributed by atoms with Crippen molar-refractivity contribution in [2.45, 2.75) is 26.3 Å². The molecule has 0 aliphatic heterocycles. The van der Waals surface area contributed by atoms with Gasteiger partial charge in [-0.05, 0) is 42.7 Å². The lowest BCUT2D eigenvalue weighted by atomic mass is 10.1. The molecule has 0 aliphatic rings. The second-order valence-electron chi connectivity index (χ2n) is 7.46. The third-order valence-electron chi connectivity index (χ3n) is 5.02. The molecule has 7 heteroatoms. The van der Waals surface area contributed by atoms with Gasteiger partial charge in [-0.1, -0.05) is 49.4 Å². The number of nitrogens with zero attached hydrogens (tertiary/aromatic N) is 2. The fourth-order valence-electron chi connectivity index (χ4n) is 3.33. The molecule has 0 radical (unpaired) electrons. The number of anilines is 1. The van der Waals surface area contributed by atoms with Crippen LogP contribution in [0.4, 0.5) is 14.9 Å². The van der Waals surface area contributed by atoms with Crippen molar-refractivity contribution in [2.24, 2.45) is 0 Å². The number of para-hydroxylation sites is 1. The Kier molecular flexibility index (Phi) is 8.43. The van der Waals surface area contributed by atoms with Gasteiger partial charge >= 0.3 is 6.03 Å². The van der Waals surface area contributed by atoms with Gasteiger partial charge in [0.05, 0.1) is 18.5 Å². The van der Waals surface area contributed by atoms with Gasteiger partial charge in [-0.2, -0.15) is 0 Å². The average Bonchev–Trinajstić information content (AvgIpc) is 3.31. The van der Waals surface area contributed by atoms with E-state index in [0.29, 0.717) is 38.2 Å². The number of rotatable bonds is 10. The van der Waals surface area contributed by atoms with Crippen molar-refractivity contribution in [3.63, 3.8) is 0 Å². The van der Waals surface area contributed by atoms with E-state index >= 15 is 0 Å². The van der Waals surface area contributed by atoms with Crippen LogP contribution in [0.1, 0.15) is 24.7 Å². The number of furan rings is 1. The Morgan fingerprint density at radius 1 is 0.938 bits per heavy atom. The molecule has 0 aliphatic carbocycles. The molecule has 0 atom stereocenters. The predicted molar refractivity (Wildman–Crippen MR) is 122 cm³/mol. The number of carbonyl (C=O) groups is 2. The Morgan fingerprint density at radius 3 is 2.38 bits per heavy atom. The van der Waals surface area contributed by atoms with Crippen LogP contribution in [0.2, 0.25) is 0 Å². The minimum atomic E-state index is -0.522. The maximum Gasteiger partial charge on any atom is 0.322 e. The molecule has 0 saturated carbocycles. The van der Waals surface area contributed by atoms with Crippen molar-refractivity contribution in [2.75, 3.05) is 25.0 Å². The average molecular weight is 438 g/mol. The highest BCUT2D eigenvalue weighted by Crippen LogP contribution is 2.14. The summed E-state index contributed by atoms with van der Waals surface area (Å²) < 4.78 is 19.4. The van der Waals surface area contributed by atoms with Crippen LogP contribution >= 0.6 is 0 Å². The molecule has 3 aromatic rings. The highest BCUT2D eigenvalue weighted by atomic mass is 19.1. The third-order valence-corrected chi connectivity index (χ3v) is 5.02. The molecule has 6 nitrogen and oxygen atoms in total. The monoisotopic (exact) mass is 437 g/mol. The number of benzene rings is 2. The van der Waals surface area contributed by atoms with Gasteiger partial charge in [-0.3, -0.25) is 4.79 Å². The van der Waals surface area contributed by atoms with Gasteiger partial charge in [0.15, 0.2) is 0 Å². The van der Waals surface area contributed by atoms with Crippen molar-refractivity contribution in [1.29, 1.82) is 0 Å². The molecular formula is C25H28FN3O3. The number of hydrogen-bond donors (Lipinski definition) is 1. The summed E-state index contributed by atoms with van der Waals surface area (Å²) in [6, 6.07) is 19.0. The fourth-order valence-corrected chi connectivity index (χ4v) is 3.33. The van der Waals surface area contributed by atoms with E-state index in [1.165, 1.54) is 17.0 Å². The summed E-state index contributed by atoms with van der Waals surface area (Å²) in [5.74, 6) is -0.0512. The quantitative estimate of drug-likeness (QED) is 0.489. The lowest BCUT2D eigenvalue weighted by molar-refractivity contribution is -0.132. The van der Waals surface area contributed by atoms with Gasteiger partial charge in [0.25, 0.3) is 0 Å². The molecule has 1 heterocycles. The Balaban J connectivity index is 1.69. The topological polar surface area (TPSA) is 65.8 Å².